The predicted molar refractivity (Wildman–Crippen MR) is 144 cm³/mol. The number of fused-ring (bicyclic) bond motifs is 1. The van der Waals surface area contributed by atoms with Crippen LogP contribution in [0.15, 0.2) is 59.7 Å². The van der Waals surface area contributed by atoms with Crippen LogP contribution in [0.25, 0.3) is 10.9 Å². The third-order valence-electron chi connectivity index (χ3n) is 6.84. The van der Waals surface area contributed by atoms with Crippen LogP contribution in [0.1, 0.15) is 49.7 Å². The molecule has 0 bridgehead atoms. The monoisotopic (exact) mass is 488 g/mol. The van der Waals surface area contributed by atoms with Gasteiger partial charge in [0, 0.05) is 35.8 Å². The number of anilines is 1. The minimum atomic E-state index is -0.439. The number of aliphatic imine (C=N–C) groups is 1. The third kappa shape index (κ3) is 5.61. The summed E-state index contributed by atoms with van der Waals surface area (Å²) in [6, 6.07) is 16.0. The highest BCUT2D eigenvalue weighted by Crippen LogP contribution is 2.33. The Kier molecular flexibility index (Phi) is 7.23. The molecule has 7 heteroatoms. The van der Waals surface area contributed by atoms with Gasteiger partial charge in [-0.15, -0.1) is 0 Å². The molecule has 2 heterocycles. The highest BCUT2D eigenvalue weighted by Gasteiger charge is 2.39. The lowest BCUT2D eigenvalue weighted by Crippen LogP contribution is -2.35. The number of aromatic amines is 1. The van der Waals surface area contributed by atoms with Gasteiger partial charge in [-0.05, 0) is 56.0 Å². The van der Waals surface area contributed by atoms with Crippen LogP contribution in [0, 0.1) is 6.92 Å². The molecule has 1 aliphatic carbocycles. The molecule has 5 rings (SSSR count). The first-order valence-corrected chi connectivity index (χ1v) is 13.4. The fourth-order valence-corrected chi connectivity index (χ4v) is 6.18. The van der Waals surface area contributed by atoms with Crippen molar-refractivity contribution in [2.75, 3.05) is 11.9 Å². The van der Waals surface area contributed by atoms with Crippen LogP contribution in [-0.2, 0) is 16.0 Å². The summed E-state index contributed by atoms with van der Waals surface area (Å²) in [5.41, 5.74) is 4.27. The number of amidine groups is 1. The molecule has 1 saturated heterocycles. The van der Waals surface area contributed by atoms with Crippen LogP contribution in [0.2, 0.25) is 0 Å². The summed E-state index contributed by atoms with van der Waals surface area (Å²) in [6.07, 6.45) is 8.72. The van der Waals surface area contributed by atoms with Gasteiger partial charge in [-0.1, -0.05) is 60.9 Å². The first-order valence-electron chi connectivity index (χ1n) is 12.5. The Labute approximate surface area is 210 Å². The summed E-state index contributed by atoms with van der Waals surface area (Å²) in [7, 11) is 0. The van der Waals surface area contributed by atoms with Crippen LogP contribution in [-0.4, -0.2) is 44.7 Å². The molecule has 35 heavy (non-hydrogen) atoms. The fraction of sp³-hybridized carbons (Fsp3) is 0.393. The van der Waals surface area contributed by atoms with Gasteiger partial charge in [0.1, 0.15) is 5.25 Å². The zero-order chi connectivity index (χ0) is 24.2. The van der Waals surface area contributed by atoms with Crippen molar-refractivity contribution in [3.05, 3.63) is 65.9 Å². The molecular formula is C28H32N4O2S. The molecule has 2 aromatic carbocycles. The number of carbonyl (C=O) groups excluding carboxylic acids is 2. The number of thioether (sulfide) groups is 1. The van der Waals surface area contributed by atoms with Crippen LogP contribution >= 0.6 is 11.8 Å². The van der Waals surface area contributed by atoms with Gasteiger partial charge in [-0.2, -0.15) is 0 Å². The molecule has 1 aromatic heterocycles. The standard InChI is InChI=1S/C28H32N4O2S/c1-19-12-13-24-23(16-19)20(18-29-24)14-15-32-27(34)25(17-26(33)30-21-8-4-2-5-9-21)35-28(32)31-22-10-6-3-7-11-22/h2,4-5,8-9,12-13,16,18,22,25,29H,3,6-7,10-11,14-15,17H2,1H3,(H,30,33). The maximum Gasteiger partial charge on any atom is 0.242 e. The van der Waals surface area contributed by atoms with Gasteiger partial charge in [0.25, 0.3) is 0 Å². The Balaban J connectivity index is 1.31. The third-order valence-corrected chi connectivity index (χ3v) is 8.03. The van der Waals surface area contributed by atoms with Crippen molar-refractivity contribution in [3.63, 3.8) is 0 Å². The predicted octanol–water partition coefficient (Wildman–Crippen LogP) is 5.68. The molecule has 0 spiro atoms. The molecule has 6 nitrogen and oxygen atoms in total. The maximum absolute atomic E-state index is 13.5. The zero-order valence-corrected chi connectivity index (χ0v) is 20.9. The number of amides is 2. The van der Waals surface area contributed by atoms with E-state index in [-0.39, 0.29) is 24.3 Å². The van der Waals surface area contributed by atoms with Crippen LogP contribution in [0.5, 0.6) is 0 Å². The van der Waals surface area contributed by atoms with Crippen molar-refractivity contribution in [1.82, 2.24) is 9.88 Å². The van der Waals surface area contributed by atoms with E-state index in [0.29, 0.717) is 6.54 Å². The van der Waals surface area contributed by atoms with Crippen molar-refractivity contribution in [3.8, 4) is 0 Å². The number of nitrogens with zero attached hydrogens (tertiary/aromatic N) is 2. The van der Waals surface area contributed by atoms with Gasteiger partial charge < -0.3 is 10.3 Å². The van der Waals surface area contributed by atoms with Crippen molar-refractivity contribution in [2.24, 2.45) is 4.99 Å². The lowest BCUT2D eigenvalue weighted by atomic mass is 9.96. The smallest absolute Gasteiger partial charge is 0.242 e. The van der Waals surface area contributed by atoms with Gasteiger partial charge in [0.15, 0.2) is 5.17 Å². The van der Waals surface area contributed by atoms with Crippen molar-refractivity contribution in [1.29, 1.82) is 0 Å². The number of H-pyrrole nitrogens is 1. The highest BCUT2D eigenvalue weighted by atomic mass is 32.2. The summed E-state index contributed by atoms with van der Waals surface area (Å²) < 4.78 is 0. The maximum atomic E-state index is 13.5. The van der Waals surface area contributed by atoms with E-state index >= 15 is 0 Å². The molecular weight excluding hydrogens is 456 g/mol. The first-order chi connectivity index (χ1) is 17.1. The molecule has 2 aliphatic rings. The summed E-state index contributed by atoms with van der Waals surface area (Å²) in [4.78, 5) is 36.4. The molecule has 182 valence electrons. The molecule has 1 unspecified atom stereocenters. The van der Waals surface area contributed by atoms with E-state index < -0.39 is 5.25 Å². The number of benzene rings is 2. The second kappa shape index (κ2) is 10.7. The zero-order valence-electron chi connectivity index (χ0n) is 20.1. The molecule has 3 aromatic rings. The molecule has 2 amide bonds. The van der Waals surface area contributed by atoms with Gasteiger partial charge in [0.05, 0.1) is 6.04 Å². The topological polar surface area (TPSA) is 77.6 Å². The summed E-state index contributed by atoms with van der Waals surface area (Å²) in [6.45, 7) is 2.66. The van der Waals surface area contributed by atoms with Gasteiger partial charge in [-0.3, -0.25) is 19.5 Å². The average Bonchev–Trinajstić information content (AvgIpc) is 3.39. The van der Waals surface area contributed by atoms with E-state index in [9.17, 15) is 9.59 Å². The van der Waals surface area contributed by atoms with E-state index in [1.165, 1.54) is 47.5 Å². The molecule has 1 atom stereocenters. The normalized spacial score (nSPS) is 20.1. The summed E-state index contributed by atoms with van der Waals surface area (Å²) in [5, 5.41) is 4.46. The highest BCUT2D eigenvalue weighted by molar-refractivity contribution is 8.15. The lowest BCUT2D eigenvalue weighted by Gasteiger charge is -2.21. The Morgan fingerprint density at radius 2 is 1.94 bits per heavy atom. The largest absolute Gasteiger partial charge is 0.361 e. The van der Waals surface area contributed by atoms with Crippen molar-refractivity contribution in [2.45, 2.75) is 63.2 Å². The number of nitrogens with one attached hydrogen (secondary N) is 2. The average molecular weight is 489 g/mol. The van der Waals surface area contributed by atoms with Crippen LogP contribution in [0.4, 0.5) is 5.69 Å². The SMILES string of the molecule is Cc1ccc2[nH]cc(CCN3C(=O)C(CC(=O)Nc4ccccc4)SC3=NC3CCCCC3)c2c1. The molecule has 0 radical (unpaired) electrons. The molecule has 2 fully saturated rings. The number of hydrogen-bond acceptors (Lipinski definition) is 4. The number of rotatable bonds is 7. The minimum absolute atomic E-state index is 0.0104. The quantitative estimate of drug-likeness (QED) is 0.449. The molecule has 2 N–H and O–H groups in total. The van der Waals surface area contributed by atoms with E-state index in [4.69, 9.17) is 4.99 Å². The van der Waals surface area contributed by atoms with Gasteiger partial charge >= 0.3 is 0 Å². The van der Waals surface area contributed by atoms with E-state index in [2.05, 4.69) is 35.4 Å². The number of aryl methyl sites for hydroxylation is 1. The van der Waals surface area contributed by atoms with E-state index in [0.717, 1.165) is 35.6 Å². The Morgan fingerprint density at radius 3 is 2.74 bits per heavy atom. The number of aromatic nitrogens is 1. The lowest BCUT2D eigenvalue weighted by molar-refractivity contribution is -0.128. The number of carbonyl (C=O) groups is 2. The number of para-hydroxylation sites is 1. The molecule has 1 saturated carbocycles. The summed E-state index contributed by atoms with van der Waals surface area (Å²) in [5.74, 6) is -0.156. The number of hydrogen-bond donors (Lipinski definition) is 2. The Morgan fingerprint density at radius 1 is 1.14 bits per heavy atom. The van der Waals surface area contributed by atoms with Crippen molar-refractivity contribution >= 4 is 45.3 Å². The van der Waals surface area contributed by atoms with E-state index in [1.54, 1.807) is 0 Å². The Bertz CT molecular complexity index is 1230. The van der Waals surface area contributed by atoms with Gasteiger partial charge in [0.2, 0.25) is 11.8 Å². The second-order valence-electron chi connectivity index (χ2n) is 9.53. The van der Waals surface area contributed by atoms with E-state index in [1.807, 2.05) is 41.4 Å². The first kappa shape index (κ1) is 23.7. The molecule has 1 aliphatic heterocycles. The second-order valence-corrected chi connectivity index (χ2v) is 10.7. The summed E-state index contributed by atoms with van der Waals surface area (Å²) >= 11 is 1.46. The Hall–Kier alpha value is -3.06. The van der Waals surface area contributed by atoms with Crippen molar-refractivity contribution < 1.29 is 9.59 Å². The minimum Gasteiger partial charge on any atom is -0.361 e. The van der Waals surface area contributed by atoms with Gasteiger partial charge in [-0.25, -0.2) is 0 Å². The van der Waals surface area contributed by atoms with Crippen LogP contribution in [0.3, 0.4) is 0 Å². The fourth-order valence-electron chi connectivity index (χ4n) is 4.94. The van der Waals surface area contributed by atoms with Crippen LogP contribution < -0.4 is 5.32 Å².